The van der Waals surface area contributed by atoms with E-state index in [4.69, 9.17) is 0 Å². The summed E-state index contributed by atoms with van der Waals surface area (Å²) < 4.78 is 40.2. The minimum Gasteiger partial charge on any atom is -0.348 e. The number of hydrogen-bond acceptors (Lipinski definition) is 5. The van der Waals surface area contributed by atoms with Crippen LogP contribution in [0.4, 0.5) is 13.2 Å². The van der Waals surface area contributed by atoms with E-state index in [0.717, 1.165) is 33.8 Å². The van der Waals surface area contributed by atoms with Crippen LogP contribution < -0.4 is 21.3 Å². The second-order valence-corrected chi connectivity index (χ2v) is 11.6. The zero-order valence-corrected chi connectivity index (χ0v) is 26.6. The van der Waals surface area contributed by atoms with Crippen LogP contribution in [0.15, 0.2) is 103 Å². The monoisotopic (exact) mass is 656 g/mol. The maximum absolute atomic E-state index is 13.7. The van der Waals surface area contributed by atoms with Crippen LogP contribution in [0.2, 0.25) is 0 Å². The predicted octanol–water partition coefficient (Wildman–Crippen LogP) is 6.42. The first-order chi connectivity index (χ1) is 23.2. The van der Waals surface area contributed by atoms with E-state index in [1.54, 1.807) is 30.6 Å². The van der Waals surface area contributed by atoms with Crippen molar-refractivity contribution < 1.29 is 22.8 Å². The number of fused-ring (bicyclic) bond motifs is 1. The lowest BCUT2D eigenvalue weighted by Crippen LogP contribution is -2.47. The number of amides is 2. The number of hydrogen-bond donors (Lipinski definition) is 5. The Morgan fingerprint density at radius 2 is 1.58 bits per heavy atom. The lowest BCUT2D eigenvalue weighted by atomic mass is 9.99. The van der Waals surface area contributed by atoms with E-state index in [1.165, 1.54) is 12.1 Å². The SMILES string of the molecule is C[C@H](NC(=O)[C@H](CCCNCc1ccccc1C(F)(F)F)NC(=O)c1ccc(CNCc2ncc[nH]2)cc1)c1cccc2ccccc12. The Kier molecular flexibility index (Phi) is 11.6. The molecular formula is C37H39F3N6O2. The molecule has 8 nitrogen and oxygen atoms in total. The molecule has 0 spiro atoms. The van der Waals surface area contributed by atoms with Gasteiger partial charge in [-0.25, -0.2) is 4.98 Å². The fourth-order valence-electron chi connectivity index (χ4n) is 5.63. The van der Waals surface area contributed by atoms with Crippen LogP contribution >= 0.6 is 0 Å². The third-order valence-electron chi connectivity index (χ3n) is 8.15. The number of aromatic amines is 1. The number of H-pyrrole nitrogens is 1. The first-order valence-corrected chi connectivity index (χ1v) is 15.9. The van der Waals surface area contributed by atoms with Crippen LogP contribution in [0, 0.1) is 0 Å². The van der Waals surface area contributed by atoms with E-state index in [1.807, 2.05) is 61.5 Å². The Bertz CT molecular complexity index is 1790. The Hall–Kier alpha value is -5.00. The predicted molar refractivity (Wildman–Crippen MR) is 180 cm³/mol. The van der Waals surface area contributed by atoms with Crippen molar-refractivity contribution in [3.05, 3.63) is 137 Å². The molecule has 2 atom stereocenters. The molecule has 1 aromatic heterocycles. The minimum atomic E-state index is -4.44. The molecule has 0 saturated carbocycles. The zero-order chi connectivity index (χ0) is 33.9. The van der Waals surface area contributed by atoms with Crippen LogP contribution in [0.1, 0.15) is 64.2 Å². The van der Waals surface area contributed by atoms with E-state index < -0.39 is 23.7 Å². The van der Waals surface area contributed by atoms with Gasteiger partial charge in [0.1, 0.15) is 11.9 Å². The molecule has 0 aliphatic heterocycles. The maximum Gasteiger partial charge on any atom is 0.416 e. The summed E-state index contributed by atoms with van der Waals surface area (Å²) in [5.41, 5.74) is 1.81. The summed E-state index contributed by atoms with van der Waals surface area (Å²) in [5.74, 6) is 0.0893. The van der Waals surface area contributed by atoms with Gasteiger partial charge in [0, 0.05) is 31.0 Å². The van der Waals surface area contributed by atoms with Crippen molar-refractivity contribution in [3.8, 4) is 0 Å². The molecule has 0 aliphatic rings. The van der Waals surface area contributed by atoms with Crippen LogP contribution in [-0.4, -0.2) is 34.4 Å². The molecule has 0 aliphatic carbocycles. The van der Waals surface area contributed by atoms with E-state index in [9.17, 15) is 22.8 Å². The number of nitrogens with zero attached hydrogens (tertiary/aromatic N) is 1. The molecule has 5 N–H and O–H groups in total. The highest BCUT2D eigenvalue weighted by Crippen LogP contribution is 2.31. The summed E-state index contributed by atoms with van der Waals surface area (Å²) >= 11 is 0. The third-order valence-corrected chi connectivity index (χ3v) is 8.15. The van der Waals surface area contributed by atoms with Crippen molar-refractivity contribution >= 4 is 22.6 Å². The zero-order valence-electron chi connectivity index (χ0n) is 26.6. The van der Waals surface area contributed by atoms with Crippen LogP contribution in [0.3, 0.4) is 0 Å². The molecule has 0 fully saturated rings. The van der Waals surface area contributed by atoms with E-state index in [0.29, 0.717) is 31.6 Å². The van der Waals surface area contributed by atoms with Crippen molar-refractivity contribution in [2.45, 2.75) is 57.7 Å². The highest BCUT2D eigenvalue weighted by Gasteiger charge is 2.32. The van der Waals surface area contributed by atoms with Crippen molar-refractivity contribution in [1.29, 1.82) is 0 Å². The van der Waals surface area contributed by atoms with Crippen LogP contribution in [0.25, 0.3) is 10.8 Å². The fourth-order valence-corrected chi connectivity index (χ4v) is 5.63. The van der Waals surface area contributed by atoms with Gasteiger partial charge in [0.15, 0.2) is 0 Å². The third kappa shape index (κ3) is 9.30. The molecule has 0 unspecified atom stereocenters. The standard InChI is InChI=1S/C37H39F3N6O2/c1-25(30-12-6-10-27-8-2-4-11-31(27)30)45-36(48)33(14-7-19-41-23-29-9-3-5-13-32(29)37(38,39)40)46-35(47)28-17-15-26(16-18-28)22-42-24-34-43-20-21-44-34/h2-6,8-13,15-18,20-21,25,33,41-42H,7,14,19,22-24H2,1H3,(H,43,44)(H,45,48)(H,46,47)/t25-,33-/m0/s1. The summed E-state index contributed by atoms with van der Waals surface area (Å²) in [6, 6.07) is 25.2. The highest BCUT2D eigenvalue weighted by atomic mass is 19.4. The number of alkyl halides is 3. The van der Waals surface area contributed by atoms with Gasteiger partial charge < -0.3 is 26.3 Å². The Morgan fingerprint density at radius 3 is 2.35 bits per heavy atom. The summed E-state index contributed by atoms with van der Waals surface area (Å²) in [7, 11) is 0. The Balaban J connectivity index is 1.22. The van der Waals surface area contributed by atoms with Gasteiger partial charge in [-0.3, -0.25) is 9.59 Å². The van der Waals surface area contributed by atoms with Gasteiger partial charge >= 0.3 is 6.18 Å². The smallest absolute Gasteiger partial charge is 0.348 e. The van der Waals surface area contributed by atoms with Crippen LogP contribution in [-0.2, 0) is 30.6 Å². The van der Waals surface area contributed by atoms with Gasteiger partial charge in [0.2, 0.25) is 5.91 Å². The number of nitrogens with one attached hydrogen (secondary N) is 5. The van der Waals surface area contributed by atoms with Crippen molar-refractivity contribution in [1.82, 2.24) is 31.2 Å². The van der Waals surface area contributed by atoms with Gasteiger partial charge in [-0.15, -0.1) is 0 Å². The quantitative estimate of drug-likeness (QED) is 0.0836. The molecule has 5 aromatic rings. The van der Waals surface area contributed by atoms with Crippen LogP contribution in [0.5, 0.6) is 0 Å². The van der Waals surface area contributed by atoms with Gasteiger partial charge in [0.05, 0.1) is 18.2 Å². The van der Waals surface area contributed by atoms with E-state index in [2.05, 4.69) is 31.2 Å². The summed E-state index contributed by atoms with van der Waals surface area (Å²) in [4.78, 5) is 34.2. The number of halogens is 3. The molecule has 0 bridgehead atoms. The molecule has 250 valence electrons. The molecule has 1 heterocycles. The summed E-state index contributed by atoms with van der Waals surface area (Å²) in [5, 5.41) is 14.4. The number of carbonyl (C=O) groups is 2. The first kappa shape index (κ1) is 34.3. The van der Waals surface area contributed by atoms with Crippen molar-refractivity contribution in [3.63, 3.8) is 0 Å². The Labute approximate surface area is 277 Å². The largest absolute Gasteiger partial charge is 0.416 e. The average molecular weight is 657 g/mol. The number of imidazole rings is 1. The number of rotatable bonds is 15. The lowest BCUT2D eigenvalue weighted by Gasteiger charge is -2.23. The second kappa shape index (κ2) is 16.2. The number of benzene rings is 4. The molecule has 11 heteroatoms. The normalized spacial score (nSPS) is 12.8. The summed E-state index contributed by atoms with van der Waals surface area (Å²) in [6.07, 6.45) is -0.272. The van der Waals surface area contributed by atoms with Crippen molar-refractivity contribution in [2.75, 3.05) is 6.54 Å². The number of carbonyl (C=O) groups excluding carboxylic acids is 2. The first-order valence-electron chi connectivity index (χ1n) is 15.9. The number of aromatic nitrogens is 2. The Morgan fingerprint density at radius 1 is 0.833 bits per heavy atom. The molecule has 0 radical (unpaired) electrons. The van der Waals surface area contributed by atoms with E-state index in [-0.39, 0.29) is 30.5 Å². The average Bonchev–Trinajstić information content (AvgIpc) is 3.61. The molecule has 5 rings (SSSR count). The van der Waals surface area contributed by atoms with Crippen molar-refractivity contribution in [2.24, 2.45) is 0 Å². The molecule has 4 aromatic carbocycles. The highest BCUT2D eigenvalue weighted by molar-refractivity contribution is 5.97. The summed E-state index contributed by atoms with van der Waals surface area (Å²) in [6.45, 7) is 3.44. The fraction of sp³-hybridized carbons (Fsp3) is 0.270. The molecule has 0 saturated heterocycles. The lowest BCUT2D eigenvalue weighted by molar-refractivity contribution is -0.138. The van der Waals surface area contributed by atoms with E-state index >= 15 is 0 Å². The van der Waals surface area contributed by atoms with Gasteiger partial charge in [-0.05, 0) is 72.0 Å². The maximum atomic E-state index is 13.7. The van der Waals surface area contributed by atoms with Gasteiger partial charge in [0.25, 0.3) is 5.91 Å². The molecule has 48 heavy (non-hydrogen) atoms. The van der Waals surface area contributed by atoms with Gasteiger partial charge in [-0.2, -0.15) is 13.2 Å². The minimum absolute atomic E-state index is 0.0275. The topological polar surface area (TPSA) is 111 Å². The van der Waals surface area contributed by atoms with Gasteiger partial charge in [-0.1, -0.05) is 72.8 Å². The second-order valence-electron chi connectivity index (χ2n) is 11.6. The molecular weight excluding hydrogens is 617 g/mol. The molecule has 2 amide bonds.